The molecule has 9 atom stereocenters. The predicted molar refractivity (Wildman–Crippen MR) is 128 cm³/mol. The Kier molecular flexibility index (Phi) is 9.88. The van der Waals surface area contributed by atoms with Crippen molar-refractivity contribution in [2.45, 2.75) is 55.2 Å². The van der Waals surface area contributed by atoms with E-state index in [9.17, 15) is 58.4 Å². The molecule has 0 radical (unpaired) electrons. The number of phosphoric acid groups is 3. The first-order chi connectivity index (χ1) is 19.4. The molecule has 0 amide bonds. The van der Waals surface area contributed by atoms with Gasteiger partial charge >= 0.3 is 23.5 Å². The van der Waals surface area contributed by atoms with E-state index in [2.05, 4.69) is 24.0 Å². The van der Waals surface area contributed by atoms with Gasteiger partial charge in [-0.2, -0.15) is 0 Å². The van der Waals surface area contributed by atoms with E-state index in [4.69, 9.17) is 24.5 Å². The molecule has 42 heavy (non-hydrogen) atoms. The molecule has 4 heterocycles. The van der Waals surface area contributed by atoms with Gasteiger partial charge in [0.1, 0.15) is 54.6 Å². The Hall–Kier alpha value is -1.56. The van der Waals surface area contributed by atoms with Crippen molar-refractivity contribution in [3.63, 3.8) is 0 Å². The standard InChI is InChI=1S/C16H26N5O18P3/c17-13-7-14(19-3-18-13)21(4-20-7)15-12(39-42(31,32)33)9(5(1-22)34-15)36-16-8(24)11(38-41(28,29)30)10(6(2-23)35-16)37-40(25,26)27/h3-6,8-12,15-16,22-24H,1-2H2,(H2,17,18,19)(H2,25,26,27)(H2,28,29,30)(H2,31,32,33)/t5-,6-,8+,9+,10-,11-,12-,15+,16-/m1/s1. The molecular weight excluding hydrogens is 643 g/mol. The number of nitrogens with two attached hydrogens (primary N) is 1. The monoisotopic (exact) mass is 669 g/mol. The molecule has 0 saturated carbocycles. The second kappa shape index (κ2) is 12.4. The minimum Gasteiger partial charge on any atom is -0.394 e. The van der Waals surface area contributed by atoms with Gasteiger partial charge in [-0.25, -0.2) is 28.6 Å². The van der Waals surface area contributed by atoms with Crippen LogP contribution < -0.4 is 5.73 Å². The van der Waals surface area contributed by atoms with Crippen molar-refractivity contribution < 1.29 is 86.2 Å². The van der Waals surface area contributed by atoms with Crippen LogP contribution in [0.2, 0.25) is 0 Å². The number of aromatic nitrogens is 4. The van der Waals surface area contributed by atoms with Crippen molar-refractivity contribution >= 4 is 40.4 Å². The van der Waals surface area contributed by atoms with Gasteiger partial charge in [0.25, 0.3) is 0 Å². The summed E-state index contributed by atoms with van der Waals surface area (Å²) in [5.41, 5.74) is 5.84. The lowest BCUT2D eigenvalue weighted by Crippen LogP contribution is -2.61. The summed E-state index contributed by atoms with van der Waals surface area (Å²) >= 11 is 0. The van der Waals surface area contributed by atoms with E-state index in [1.807, 2.05) is 0 Å². The second-order valence-corrected chi connectivity index (χ2v) is 12.4. The third kappa shape index (κ3) is 7.56. The molecule has 2 fully saturated rings. The van der Waals surface area contributed by atoms with Gasteiger partial charge in [0.05, 0.1) is 19.5 Å². The van der Waals surface area contributed by atoms with Crippen LogP contribution in [0, 0.1) is 0 Å². The van der Waals surface area contributed by atoms with E-state index < -0.39 is 91.9 Å². The van der Waals surface area contributed by atoms with Crippen molar-refractivity contribution in [2.24, 2.45) is 0 Å². The highest BCUT2D eigenvalue weighted by molar-refractivity contribution is 7.46. The van der Waals surface area contributed by atoms with Gasteiger partial charge in [-0.05, 0) is 0 Å². The van der Waals surface area contributed by atoms with Crippen molar-refractivity contribution in [1.29, 1.82) is 0 Å². The van der Waals surface area contributed by atoms with E-state index >= 15 is 0 Å². The molecule has 11 N–H and O–H groups in total. The lowest BCUT2D eigenvalue weighted by atomic mass is 9.99. The van der Waals surface area contributed by atoms with Crippen LogP contribution in [0.3, 0.4) is 0 Å². The minimum absolute atomic E-state index is 0.00554. The predicted octanol–water partition coefficient (Wildman–Crippen LogP) is -3.80. The van der Waals surface area contributed by atoms with Crippen LogP contribution in [0.5, 0.6) is 0 Å². The summed E-state index contributed by atoms with van der Waals surface area (Å²) in [7, 11) is -16.3. The number of phosphoric ester groups is 3. The number of nitrogen functional groups attached to an aromatic ring is 1. The highest BCUT2D eigenvalue weighted by Gasteiger charge is 2.56. The number of imidazole rings is 1. The van der Waals surface area contributed by atoms with Crippen molar-refractivity contribution in [1.82, 2.24) is 19.5 Å². The number of aliphatic hydroxyl groups is 3. The average Bonchev–Trinajstić information content (AvgIpc) is 3.42. The fraction of sp³-hybridized carbons (Fsp3) is 0.688. The zero-order chi connectivity index (χ0) is 31.2. The fourth-order valence-corrected chi connectivity index (χ4v) is 6.12. The van der Waals surface area contributed by atoms with Gasteiger partial charge in [0, 0.05) is 0 Å². The molecule has 0 unspecified atom stereocenters. The SMILES string of the molecule is Nc1ncnc2c1ncn2[C@H]1O[C@H](CO)[C@H](O[C@H]2O[C@H](CO)[C@@H](OP(=O)(O)O)[C@H](OP(=O)(O)O)[C@@H]2O)[C@H]1OP(=O)(O)O. The summed E-state index contributed by atoms with van der Waals surface area (Å²) in [4.78, 5) is 68.1. The average molecular weight is 669 g/mol. The van der Waals surface area contributed by atoms with Gasteiger partial charge in [0.15, 0.2) is 24.0 Å². The number of anilines is 1. The van der Waals surface area contributed by atoms with Gasteiger partial charge in [-0.15, -0.1) is 0 Å². The van der Waals surface area contributed by atoms with Crippen LogP contribution in [0.25, 0.3) is 11.2 Å². The molecule has 0 aliphatic carbocycles. The zero-order valence-corrected chi connectivity index (χ0v) is 23.4. The first-order valence-corrected chi connectivity index (χ1v) is 16.0. The van der Waals surface area contributed by atoms with Crippen LogP contribution in [0.15, 0.2) is 12.7 Å². The Balaban J connectivity index is 1.71. The summed E-state index contributed by atoms with van der Waals surface area (Å²) in [6, 6.07) is 0. The van der Waals surface area contributed by atoms with Gasteiger partial charge < -0.3 is 64.6 Å². The maximum Gasteiger partial charge on any atom is 0.470 e. The van der Waals surface area contributed by atoms with E-state index in [1.165, 1.54) is 0 Å². The van der Waals surface area contributed by atoms with Gasteiger partial charge in [0.2, 0.25) is 0 Å². The third-order valence-corrected chi connectivity index (χ3v) is 7.54. The number of aliphatic hydroxyl groups excluding tert-OH is 3. The minimum atomic E-state index is -5.51. The number of ether oxygens (including phenoxy) is 3. The fourth-order valence-electron chi connectivity index (χ4n) is 4.44. The second-order valence-electron chi connectivity index (χ2n) is 8.83. The van der Waals surface area contributed by atoms with Crippen molar-refractivity contribution in [2.75, 3.05) is 18.9 Å². The number of fused-ring (bicyclic) bond motifs is 1. The van der Waals surface area contributed by atoms with Gasteiger partial charge in [-0.1, -0.05) is 0 Å². The summed E-state index contributed by atoms with van der Waals surface area (Å²) < 4.78 is 66.6. The van der Waals surface area contributed by atoms with Crippen LogP contribution in [0.1, 0.15) is 6.23 Å². The van der Waals surface area contributed by atoms with Crippen molar-refractivity contribution in [3.05, 3.63) is 12.7 Å². The highest BCUT2D eigenvalue weighted by atomic mass is 31.2. The lowest BCUT2D eigenvalue weighted by Gasteiger charge is -2.44. The van der Waals surface area contributed by atoms with Crippen LogP contribution >= 0.6 is 23.5 Å². The normalized spacial score (nSPS) is 32.9. The maximum atomic E-state index is 11.9. The molecule has 26 heteroatoms. The molecule has 4 rings (SSSR count). The maximum absolute atomic E-state index is 11.9. The Bertz CT molecular complexity index is 1400. The first kappa shape index (κ1) is 33.3. The zero-order valence-electron chi connectivity index (χ0n) is 20.7. The van der Waals surface area contributed by atoms with Crippen LogP contribution in [-0.2, 0) is 41.5 Å². The topological polar surface area (TPSA) is 358 Å². The third-order valence-electron chi connectivity index (χ3n) is 5.99. The van der Waals surface area contributed by atoms with Crippen molar-refractivity contribution in [3.8, 4) is 0 Å². The molecule has 0 aromatic carbocycles. The molecular formula is C16H26N5O18P3. The largest absolute Gasteiger partial charge is 0.470 e. The summed E-state index contributed by atoms with van der Waals surface area (Å²) in [5, 5.41) is 30.6. The highest BCUT2D eigenvalue weighted by Crippen LogP contribution is 2.49. The molecule has 0 spiro atoms. The van der Waals surface area contributed by atoms with Gasteiger partial charge in [-0.3, -0.25) is 18.1 Å². The number of nitrogens with zero attached hydrogens (tertiary/aromatic N) is 4. The molecule has 238 valence electrons. The lowest BCUT2D eigenvalue weighted by molar-refractivity contribution is -0.313. The first-order valence-electron chi connectivity index (χ1n) is 11.4. The number of hydrogen-bond acceptors (Lipinski definition) is 16. The molecule has 23 nitrogen and oxygen atoms in total. The van der Waals surface area contributed by atoms with E-state index in [0.29, 0.717) is 0 Å². The van der Waals surface area contributed by atoms with Crippen LogP contribution in [-0.4, -0.2) is 126 Å². The van der Waals surface area contributed by atoms with E-state index in [-0.39, 0.29) is 17.0 Å². The molecule has 2 aliphatic rings. The molecule has 2 aliphatic heterocycles. The Morgan fingerprint density at radius 2 is 1.36 bits per heavy atom. The smallest absolute Gasteiger partial charge is 0.394 e. The molecule has 2 saturated heterocycles. The molecule has 0 bridgehead atoms. The number of hydrogen-bond donors (Lipinski definition) is 10. The Labute approximate surface area is 233 Å². The Morgan fingerprint density at radius 3 is 1.93 bits per heavy atom. The quantitative estimate of drug-likeness (QED) is 0.102. The van der Waals surface area contributed by atoms with E-state index in [1.54, 1.807) is 0 Å². The van der Waals surface area contributed by atoms with Crippen LogP contribution in [0.4, 0.5) is 5.82 Å². The Morgan fingerprint density at radius 1 is 0.810 bits per heavy atom. The summed E-state index contributed by atoms with van der Waals surface area (Å²) in [6.45, 7) is -2.03. The summed E-state index contributed by atoms with van der Waals surface area (Å²) in [6.07, 6.45) is -15.4. The van der Waals surface area contributed by atoms with E-state index in [0.717, 1.165) is 17.2 Å². The summed E-state index contributed by atoms with van der Waals surface area (Å²) in [5.74, 6) is -0.0624. The molecule has 2 aromatic rings. The molecule has 2 aromatic heterocycles. The number of rotatable bonds is 11.